The Bertz CT molecular complexity index is 1510. The fraction of sp³-hybridized carbons (Fsp3) is 0.143. The Balaban J connectivity index is 1.41. The molecule has 1 fully saturated rings. The van der Waals surface area contributed by atoms with Gasteiger partial charge in [-0.05, 0) is 54.6 Å². The summed E-state index contributed by atoms with van der Waals surface area (Å²) in [5.74, 6) is 0.193. The molecule has 0 aliphatic carbocycles. The van der Waals surface area contributed by atoms with E-state index in [4.69, 9.17) is 27.9 Å². The van der Waals surface area contributed by atoms with Crippen LogP contribution < -0.4 is 4.74 Å². The molecule has 0 bridgehead atoms. The van der Waals surface area contributed by atoms with Crippen molar-refractivity contribution in [2.24, 2.45) is 0 Å². The van der Waals surface area contributed by atoms with E-state index in [-0.39, 0.29) is 24.3 Å². The Morgan fingerprint density at radius 1 is 0.917 bits per heavy atom. The van der Waals surface area contributed by atoms with E-state index in [1.165, 1.54) is 4.90 Å². The molecule has 2 heterocycles. The number of carbonyl (C=O) groups is 2. The summed E-state index contributed by atoms with van der Waals surface area (Å²) >= 11 is 13.5. The van der Waals surface area contributed by atoms with Gasteiger partial charge in [0.15, 0.2) is 0 Å². The molecule has 1 aliphatic rings. The third kappa shape index (κ3) is 4.76. The van der Waals surface area contributed by atoms with Crippen molar-refractivity contribution in [1.82, 2.24) is 9.47 Å². The first-order chi connectivity index (χ1) is 17.4. The van der Waals surface area contributed by atoms with E-state index in [2.05, 4.69) is 4.57 Å². The van der Waals surface area contributed by atoms with Crippen LogP contribution in [-0.2, 0) is 11.3 Å². The average molecular weight is 537 g/mol. The average Bonchev–Trinajstić information content (AvgIpc) is 3.29. The maximum Gasteiger partial charge on any atom is 0.293 e. The molecule has 0 atom stereocenters. The van der Waals surface area contributed by atoms with Crippen molar-refractivity contribution in [3.8, 4) is 5.75 Å². The molecule has 1 aliphatic heterocycles. The topological polar surface area (TPSA) is 51.5 Å². The number of ether oxygens (including phenoxy) is 1. The lowest BCUT2D eigenvalue weighted by Crippen LogP contribution is -2.32. The Kier molecular flexibility index (Phi) is 7.10. The van der Waals surface area contributed by atoms with Crippen LogP contribution >= 0.6 is 35.0 Å². The molecule has 8 heteroatoms. The van der Waals surface area contributed by atoms with Crippen LogP contribution in [0.1, 0.15) is 16.8 Å². The maximum absolute atomic E-state index is 13.1. The number of hydrogen-bond donors (Lipinski definition) is 0. The quantitative estimate of drug-likeness (QED) is 0.230. The number of imide groups is 1. The molecular weight excluding hydrogens is 515 g/mol. The van der Waals surface area contributed by atoms with E-state index in [1.54, 1.807) is 12.1 Å². The molecule has 0 N–H and O–H groups in total. The summed E-state index contributed by atoms with van der Waals surface area (Å²) in [4.78, 5) is 27.4. The number of thioether (sulfide) groups is 1. The van der Waals surface area contributed by atoms with Crippen molar-refractivity contribution in [3.63, 3.8) is 0 Å². The molecule has 36 heavy (non-hydrogen) atoms. The van der Waals surface area contributed by atoms with Gasteiger partial charge in [-0.25, -0.2) is 0 Å². The van der Waals surface area contributed by atoms with Crippen LogP contribution in [0.5, 0.6) is 5.75 Å². The zero-order valence-corrected chi connectivity index (χ0v) is 21.7. The molecule has 1 saturated heterocycles. The molecular formula is C28H22Cl2N2O3S. The number of rotatable bonds is 7. The first-order valence-corrected chi connectivity index (χ1v) is 12.9. The first-order valence-electron chi connectivity index (χ1n) is 11.4. The van der Waals surface area contributed by atoms with Crippen LogP contribution in [0.25, 0.3) is 17.0 Å². The van der Waals surface area contributed by atoms with Gasteiger partial charge in [0, 0.05) is 33.7 Å². The Labute approximate surface area is 223 Å². The summed E-state index contributed by atoms with van der Waals surface area (Å²) in [5, 5.41) is 1.88. The van der Waals surface area contributed by atoms with E-state index in [0.29, 0.717) is 27.2 Å². The molecule has 2 amide bonds. The van der Waals surface area contributed by atoms with E-state index in [9.17, 15) is 9.59 Å². The van der Waals surface area contributed by atoms with Gasteiger partial charge in [0.25, 0.3) is 11.1 Å². The molecule has 1 aromatic heterocycles. The predicted octanol–water partition coefficient (Wildman–Crippen LogP) is 7.42. The van der Waals surface area contributed by atoms with Crippen molar-refractivity contribution in [2.75, 3.05) is 13.2 Å². The summed E-state index contributed by atoms with van der Waals surface area (Å²) in [7, 11) is 0. The number of amides is 2. The van der Waals surface area contributed by atoms with Crippen molar-refractivity contribution < 1.29 is 14.3 Å². The van der Waals surface area contributed by atoms with Gasteiger partial charge in [-0.3, -0.25) is 14.5 Å². The number of hydrogen-bond acceptors (Lipinski definition) is 4. The minimum absolute atomic E-state index is 0.139. The normalized spacial score (nSPS) is 14.9. The molecule has 0 unspecified atom stereocenters. The van der Waals surface area contributed by atoms with Gasteiger partial charge < -0.3 is 9.30 Å². The second kappa shape index (κ2) is 10.4. The third-order valence-electron chi connectivity index (χ3n) is 6.12. The summed E-state index contributed by atoms with van der Waals surface area (Å²) < 4.78 is 7.86. The highest BCUT2D eigenvalue weighted by Crippen LogP contribution is 2.36. The lowest BCUT2D eigenvalue weighted by molar-refractivity contribution is -0.123. The molecule has 0 spiro atoms. The molecule has 4 aromatic rings. The third-order valence-corrected chi connectivity index (χ3v) is 7.71. The van der Waals surface area contributed by atoms with Gasteiger partial charge in [0.1, 0.15) is 12.4 Å². The first kappa shape index (κ1) is 24.5. The molecule has 5 rings (SSSR count). The summed E-state index contributed by atoms with van der Waals surface area (Å²) in [6.45, 7) is 2.91. The molecule has 5 nitrogen and oxygen atoms in total. The van der Waals surface area contributed by atoms with Crippen molar-refractivity contribution >= 4 is 63.1 Å². The zero-order valence-electron chi connectivity index (χ0n) is 19.4. The summed E-state index contributed by atoms with van der Waals surface area (Å²) in [5.41, 5.74) is 3.95. The largest absolute Gasteiger partial charge is 0.490 e. The van der Waals surface area contributed by atoms with Crippen molar-refractivity contribution in [3.05, 3.63) is 105 Å². The fourth-order valence-corrected chi connectivity index (χ4v) is 5.51. The molecule has 182 valence electrons. The lowest BCUT2D eigenvalue weighted by atomic mass is 10.1. The van der Waals surface area contributed by atoms with Crippen LogP contribution in [0.15, 0.2) is 77.7 Å². The Morgan fingerprint density at radius 2 is 1.61 bits per heavy atom. The SMILES string of the molecule is Cc1c(/C=C2\SC(=O)N(CCOc3ccccc3Cl)C2=O)c2ccccc2n1Cc1ccccc1Cl. The van der Waals surface area contributed by atoms with Crippen LogP contribution in [-0.4, -0.2) is 33.8 Å². The van der Waals surface area contributed by atoms with Gasteiger partial charge in [-0.15, -0.1) is 0 Å². The lowest BCUT2D eigenvalue weighted by Gasteiger charge is -2.13. The molecule has 0 saturated carbocycles. The number of aromatic nitrogens is 1. The Morgan fingerprint density at radius 3 is 2.39 bits per heavy atom. The van der Waals surface area contributed by atoms with Crippen LogP contribution in [0.3, 0.4) is 0 Å². The highest BCUT2D eigenvalue weighted by molar-refractivity contribution is 8.18. The van der Waals surface area contributed by atoms with Crippen LogP contribution in [0.4, 0.5) is 4.79 Å². The minimum Gasteiger partial charge on any atom is -0.490 e. The van der Waals surface area contributed by atoms with E-state index in [0.717, 1.165) is 39.5 Å². The maximum atomic E-state index is 13.1. The van der Waals surface area contributed by atoms with Crippen LogP contribution in [0.2, 0.25) is 10.0 Å². The van der Waals surface area contributed by atoms with Gasteiger partial charge in [-0.1, -0.05) is 71.7 Å². The predicted molar refractivity (Wildman–Crippen MR) is 147 cm³/mol. The summed E-state index contributed by atoms with van der Waals surface area (Å²) in [6.07, 6.45) is 1.82. The molecule has 0 radical (unpaired) electrons. The molecule has 3 aromatic carbocycles. The van der Waals surface area contributed by atoms with Gasteiger partial charge >= 0.3 is 0 Å². The second-order valence-corrected chi connectivity index (χ2v) is 10.1. The second-order valence-electron chi connectivity index (χ2n) is 8.31. The highest BCUT2D eigenvalue weighted by Gasteiger charge is 2.35. The standard InChI is InChI=1S/C28H22Cl2N2O3S/c1-18-21(20-9-3-6-12-24(20)32(18)17-19-8-2-4-10-22(19)29)16-26-27(33)31(28(34)36-26)14-15-35-25-13-7-5-11-23(25)30/h2-13,16H,14-15,17H2,1H3/b26-16-. The van der Waals surface area contributed by atoms with E-state index in [1.807, 2.05) is 73.7 Å². The number of para-hydroxylation sites is 2. The highest BCUT2D eigenvalue weighted by atomic mass is 35.5. The fourth-order valence-electron chi connectivity index (χ4n) is 4.27. The monoisotopic (exact) mass is 536 g/mol. The van der Waals surface area contributed by atoms with Crippen molar-refractivity contribution in [1.29, 1.82) is 0 Å². The minimum atomic E-state index is -0.324. The number of halogens is 2. The van der Waals surface area contributed by atoms with E-state index >= 15 is 0 Å². The summed E-state index contributed by atoms with van der Waals surface area (Å²) in [6, 6.07) is 22.9. The number of nitrogens with zero attached hydrogens (tertiary/aromatic N) is 2. The number of benzene rings is 3. The van der Waals surface area contributed by atoms with Crippen molar-refractivity contribution in [2.45, 2.75) is 13.5 Å². The number of fused-ring (bicyclic) bond motifs is 1. The van der Waals surface area contributed by atoms with E-state index < -0.39 is 0 Å². The van der Waals surface area contributed by atoms with Gasteiger partial charge in [0.2, 0.25) is 0 Å². The van der Waals surface area contributed by atoms with Gasteiger partial charge in [-0.2, -0.15) is 0 Å². The van der Waals surface area contributed by atoms with Gasteiger partial charge in [0.05, 0.1) is 16.5 Å². The zero-order chi connectivity index (χ0) is 25.2. The number of carbonyl (C=O) groups excluding carboxylic acids is 2. The van der Waals surface area contributed by atoms with Crippen LogP contribution in [0, 0.1) is 6.92 Å². The smallest absolute Gasteiger partial charge is 0.293 e. The Hall–Kier alpha value is -3.19.